The van der Waals surface area contributed by atoms with Gasteiger partial charge in [0.1, 0.15) is 23.2 Å². The first kappa shape index (κ1) is 25.4. The van der Waals surface area contributed by atoms with E-state index in [-0.39, 0.29) is 28.3 Å². The fourth-order valence-corrected chi connectivity index (χ4v) is 3.76. The maximum absolute atomic E-state index is 13.1. The van der Waals surface area contributed by atoms with E-state index >= 15 is 0 Å². The maximum atomic E-state index is 13.1. The van der Waals surface area contributed by atoms with E-state index in [2.05, 4.69) is 35.6 Å². The van der Waals surface area contributed by atoms with Crippen LogP contribution >= 0.6 is 0 Å². The summed E-state index contributed by atoms with van der Waals surface area (Å²) >= 11 is 0. The quantitative estimate of drug-likeness (QED) is 0.364. The first-order chi connectivity index (χ1) is 16.5. The molecule has 0 aliphatic heterocycles. The van der Waals surface area contributed by atoms with Crippen molar-refractivity contribution in [3.8, 4) is 5.75 Å². The van der Waals surface area contributed by atoms with Crippen molar-refractivity contribution in [1.29, 1.82) is 0 Å². The lowest BCUT2D eigenvalue weighted by molar-refractivity contribution is 0.0963. The molecule has 4 N–H and O–H groups in total. The van der Waals surface area contributed by atoms with Gasteiger partial charge in [-0.1, -0.05) is 0 Å². The number of hydrogen-bond acceptors (Lipinski definition) is 9. The van der Waals surface area contributed by atoms with E-state index < -0.39 is 21.8 Å². The number of amides is 2. The first-order valence-electron chi connectivity index (χ1n) is 10.3. The van der Waals surface area contributed by atoms with Crippen LogP contribution in [0.5, 0.6) is 5.75 Å². The number of ether oxygens (including phenoxy) is 1. The van der Waals surface area contributed by atoms with Crippen molar-refractivity contribution in [3.05, 3.63) is 59.2 Å². The van der Waals surface area contributed by atoms with Crippen LogP contribution in [0.3, 0.4) is 0 Å². The van der Waals surface area contributed by atoms with Gasteiger partial charge in [0.05, 0.1) is 35.9 Å². The van der Waals surface area contributed by atoms with Crippen molar-refractivity contribution in [2.24, 2.45) is 0 Å². The summed E-state index contributed by atoms with van der Waals surface area (Å²) < 4.78 is 30.6. The molecular weight excluding hydrogens is 474 g/mol. The Balaban J connectivity index is 1.94. The topological polar surface area (TPSA) is 164 Å². The molecule has 2 heterocycles. The summed E-state index contributed by atoms with van der Waals surface area (Å²) in [7, 11) is -0.696. The normalized spacial score (nSPS) is 10.9. The van der Waals surface area contributed by atoms with E-state index in [0.717, 1.165) is 11.9 Å². The monoisotopic (exact) mass is 499 g/mol. The molecule has 2 amide bonds. The fraction of sp³-hybridized carbons (Fsp3) is 0.227. The highest BCUT2D eigenvalue weighted by Gasteiger charge is 2.19. The van der Waals surface area contributed by atoms with E-state index in [4.69, 9.17) is 4.74 Å². The minimum atomic E-state index is -3.51. The average molecular weight is 500 g/mol. The molecule has 13 heteroatoms. The molecule has 0 radical (unpaired) electrons. The number of pyridine rings is 1. The molecule has 0 aliphatic carbocycles. The van der Waals surface area contributed by atoms with Gasteiger partial charge in [-0.25, -0.2) is 23.4 Å². The van der Waals surface area contributed by atoms with Crippen molar-refractivity contribution in [1.82, 2.24) is 20.3 Å². The number of carbonyl (C=O) groups is 2. The number of carbonyl (C=O) groups excluding carboxylic acids is 2. The number of hydrogen-bond donors (Lipinski definition) is 4. The van der Waals surface area contributed by atoms with Gasteiger partial charge in [-0.3, -0.25) is 14.3 Å². The van der Waals surface area contributed by atoms with Gasteiger partial charge in [-0.05, 0) is 26.0 Å². The summed E-state index contributed by atoms with van der Waals surface area (Å²) in [6.07, 6.45) is 2.34. The molecule has 12 nitrogen and oxygen atoms in total. The molecule has 0 saturated heterocycles. The fourth-order valence-electron chi connectivity index (χ4n) is 3.20. The van der Waals surface area contributed by atoms with Gasteiger partial charge in [0.25, 0.3) is 11.8 Å². The maximum Gasteiger partial charge on any atom is 0.259 e. The predicted octanol–water partition coefficient (Wildman–Crippen LogP) is 2.22. The molecule has 0 bridgehead atoms. The van der Waals surface area contributed by atoms with Gasteiger partial charge in [0.15, 0.2) is 0 Å². The minimum absolute atomic E-state index is 0.128. The first-order valence-corrected chi connectivity index (χ1v) is 12.2. The largest absolute Gasteiger partial charge is 0.496 e. The molecule has 2 aromatic heterocycles. The van der Waals surface area contributed by atoms with Gasteiger partial charge in [0, 0.05) is 37.1 Å². The number of benzene rings is 1. The molecule has 0 unspecified atom stereocenters. The molecule has 184 valence electrons. The molecule has 0 spiro atoms. The van der Waals surface area contributed by atoms with Crippen molar-refractivity contribution >= 4 is 44.8 Å². The molecule has 0 fully saturated rings. The molecule has 0 aliphatic rings. The summed E-state index contributed by atoms with van der Waals surface area (Å²) in [5, 5.41) is 8.25. The number of sulfonamides is 1. The van der Waals surface area contributed by atoms with Gasteiger partial charge < -0.3 is 20.7 Å². The lowest BCUT2D eigenvalue weighted by atomic mass is 10.1. The summed E-state index contributed by atoms with van der Waals surface area (Å²) in [6, 6.07) is 7.46. The molecule has 0 atom stereocenters. The smallest absolute Gasteiger partial charge is 0.259 e. The highest BCUT2D eigenvalue weighted by molar-refractivity contribution is 7.92. The standard InChI is InChI=1S/C22H25N7O5S/c1-12-8-20(26-13(2)25-12)28-19-10-17(16(11-24-19)21(30)23-3)27-22(31)15-7-6-14(9-18(15)34-4)29-35(5,32)33/h6-11,29H,1-5H3,(H,23,30)(H2,24,25,26,27,28,31). The number of nitrogens with one attached hydrogen (secondary N) is 4. The highest BCUT2D eigenvalue weighted by atomic mass is 32.2. The summed E-state index contributed by atoms with van der Waals surface area (Å²) in [6.45, 7) is 3.59. The SMILES string of the molecule is CNC(=O)c1cnc(Nc2cc(C)nc(C)n2)cc1NC(=O)c1ccc(NS(C)(=O)=O)cc1OC. The zero-order valence-electron chi connectivity index (χ0n) is 19.8. The van der Waals surface area contributed by atoms with Gasteiger partial charge in [-0.2, -0.15) is 0 Å². The van der Waals surface area contributed by atoms with Crippen LogP contribution in [-0.4, -0.2) is 55.6 Å². The third kappa shape index (κ3) is 6.63. The summed E-state index contributed by atoms with van der Waals surface area (Å²) in [5.41, 5.74) is 1.45. The number of nitrogens with zero attached hydrogens (tertiary/aromatic N) is 3. The molecule has 3 rings (SSSR count). The second-order valence-electron chi connectivity index (χ2n) is 7.50. The number of anilines is 4. The molecule has 0 saturated carbocycles. The van der Waals surface area contributed by atoms with Crippen molar-refractivity contribution in [2.75, 3.05) is 35.8 Å². The Morgan fingerprint density at radius 1 is 0.971 bits per heavy atom. The third-order valence-corrected chi connectivity index (χ3v) is 5.20. The molecule has 3 aromatic rings. The van der Waals surface area contributed by atoms with E-state index in [1.54, 1.807) is 13.0 Å². The average Bonchev–Trinajstić information content (AvgIpc) is 2.76. The van der Waals surface area contributed by atoms with Crippen LogP contribution in [0, 0.1) is 13.8 Å². The Hall–Kier alpha value is -4.26. The minimum Gasteiger partial charge on any atom is -0.496 e. The van der Waals surface area contributed by atoms with Crippen LogP contribution in [-0.2, 0) is 10.0 Å². The summed E-state index contributed by atoms with van der Waals surface area (Å²) in [5.74, 6) is 0.519. The van der Waals surface area contributed by atoms with Gasteiger partial charge in [0.2, 0.25) is 10.0 Å². The van der Waals surface area contributed by atoms with Crippen LogP contribution in [0.25, 0.3) is 0 Å². The number of aromatic nitrogens is 3. The Morgan fingerprint density at radius 3 is 2.34 bits per heavy atom. The predicted molar refractivity (Wildman–Crippen MR) is 132 cm³/mol. The van der Waals surface area contributed by atoms with Crippen LogP contribution in [0.15, 0.2) is 36.5 Å². The highest BCUT2D eigenvalue weighted by Crippen LogP contribution is 2.27. The van der Waals surface area contributed by atoms with Crippen LogP contribution in [0.1, 0.15) is 32.2 Å². The second kappa shape index (κ2) is 10.3. The van der Waals surface area contributed by atoms with Crippen molar-refractivity contribution < 1.29 is 22.7 Å². The lowest BCUT2D eigenvalue weighted by Gasteiger charge is -2.15. The number of methoxy groups -OCH3 is 1. The zero-order chi connectivity index (χ0) is 25.8. The molecular formula is C22H25N7O5S. The van der Waals surface area contributed by atoms with E-state index in [0.29, 0.717) is 17.5 Å². The van der Waals surface area contributed by atoms with E-state index in [1.165, 1.54) is 44.6 Å². The number of aryl methyl sites for hydroxylation is 2. The Kier molecular flexibility index (Phi) is 7.49. The van der Waals surface area contributed by atoms with Crippen LogP contribution < -0.4 is 25.4 Å². The van der Waals surface area contributed by atoms with E-state index in [9.17, 15) is 18.0 Å². The second-order valence-corrected chi connectivity index (χ2v) is 9.25. The summed E-state index contributed by atoms with van der Waals surface area (Å²) in [4.78, 5) is 38.2. The Morgan fingerprint density at radius 2 is 1.71 bits per heavy atom. The van der Waals surface area contributed by atoms with Crippen LogP contribution in [0.2, 0.25) is 0 Å². The van der Waals surface area contributed by atoms with Crippen LogP contribution in [0.4, 0.5) is 23.0 Å². The zero-order valence-corrected chi connectivity index (χ0v) is 20.6. The lowest BCUT2D eigenvalue weighted by Crippen LogP contribution is -2.22. The third-order valence-electron chi connectivity index (χ3n) is 4.60. The Bertz CT molecular complexity index is 1370. The van der Waals surface area contributed by atoms with Gasteiger partial charge in [-0.15, -0.1) is 0 Å². The Labute approximate surface area is 202 Å². The molecule has 1 aromatic carbocycles. The molecule has 35 heavy (non-hydrogen) atoms. The number of rotatable bonds is 8. The van der Waals surface area contributed by atoms with Crippen molar-refractivity contribution in [2.45, 2.75) is 13.8 Å². The van der Waals surface area contributed by atoms with E-state index in [1.807, 2.05) is 6.92 Å². The van der Waals surface area contributed by atoms with Gasteiger partial charge >= 0.3 is 0 Å². The van der Waals surface area contributed by atoms with Crippen molar-refractivity contribution in [3.63, 3.8) is 0 Å².